The first-order chi connectivity index (χ1) is 8.41. The van der Waals surface area contributed by atoms with Crippen LogP contribution in [0.15, 0.2) is 6.07 Å². The van der Waals surface area contributed by atoms with Gasteiger partial charge in [0.05, 0.1) is 0 Å². The van der Waals surface area contributed by atoms with E-state index < -0.39 is 0 Å². The lowest BCUT2D eigenvalue weighted by Gasteiger charge is -2.15. The van der Waals surface area contributed by atoms with Gasteiger partial charge in [-0.25, -0.2) is 0 Å². The van der Waals surface area contributed by atoms with E-state index in [1.54, 1.807) is 0 Å². The number of hydrogen-bond acceptors (Lipinski definition) is 3. The number of aromatic amines is 1. The Hall–Kier alpha value is -1.36. The van der Waals surface area contributed by atoms with E-state index in [2.05, 4.69) is 31.0 Å². The molecule has 1 aromatic rings. The zero-order valence-electron chi connectivity index (χ0n) is 11.4. The maximum atomic E-state index is 12.3. The average Bonchev–Trinajstić information content (AvgIpc) is 2.96. The first-order valence-corrected chi connectivity index (χ1v) is 6.47. The van der Waals surface area contributed by atoms with Gasteiger partial charge in [-0.2, -0.15) is 5.10 Å². The van der Waals surface area contributed by atoms with Gasteiger partial charge in [0.1, 0.15) is 5.69 Å². The smallest absolute Gasteiger partial charge is 0.274 e. The molecule has 18 heavy (non-hydrogen) atoms. The van der Waals surface area contributed by atoms with Crippen LogP contribution in [0.2, 0.25) is 0 Å². The van der Waals surface area contributed by atoms with Crippen LogP contribution in [0, 0.1) is 5.92 Å². The van der Waals surface area contributed by atoms with Crippen molar-refractivity contribution < 1.29 is 4.79 Å². The molecule has 0 saturated carbocycles. The summed E-state index contributed by atoms with van der Waals surface area (Å²) in [6.45, 7) is 8.47. The molecule has 0 bridgehead atoms. The highest BCUT2D eigenvalue weighted by molar-refractivity contribution is 5.92. The van der Waals surface area contributed by atoms with Gasteiger partial charge in [-0.05, 0) is 24.9 Å². The summed E-state index contributed by atoms with van der Waals surface area (Å²) in [5.41, 5.74) is 7.12. The van der Waals surface area contributed by atoms with Crippen molar-refractivity contribution in [2.75, 3.05) is 19.6 Å². The number of amides is 1. The Morgan fingerprint density at radius 3 is 2.83 bits per heavy atom. The highest BCUT2D eigenvalue weighted by Gasteiger charge is 2.28. The molecule has 2 rings (SSSR count). The molecule has 1 amide bonds. The number of aromatic nitrogens is 2. The van der Waals surface area contributed by atoms with Crippen LogP contribution in [0.3, 0.4) is 0 Å². The van der Waals surface area contributed by atoms with E-state index in [1.807, 2.05) is 11.0 Å². The van der Waals surface area contributed by atoms with Crippen molar-refractivity contribution in [1.82, 2.24) is 15.1 Å². The minimum Gasteiger partial charge on any atom is -0.337 e. The normalized spacial score (nSPS) is 20.4. The van der Waals surface area contributed by atoms with Gasteiger partial charge in [0, 0.05) is 24.2 Å². The minimum atomic E-state index is -0.0175. The number of carbonyl (C=O) groups excluding carboxylic acids is 1. The first-order valence-electron chi connectivity index (χ1n) is 6.47. The molecule has 1 fully saturated rings. The van der Waals surface area contributed by atoms with E-state index in [4.69, 9.17) is 5.73 Å². The fourth-order valence-corrected chi connectivity index (χ4v) is 2.19. The molecule has 100 valence electrons. The fraction of sp³-hybridized carbons (Fsp3) is 0.692. The third kappa shape index (κ3) is 2.56. The molecule has 1 saturated heterocycles. The van der Waals surface area contributed by atoms with Crippen molar-refractivity contribution in [2.24, 2.45) is 11.7 Å². The number of nitrogens with two attached hydrogens (primary N) is 1. The molecular weight excluding hydrogens is 228 g/mol. The van der Waals surface area contributed by atoms with Gasteiger partial charge in [-0.15, -0.1) is 0 Å². The zero-order valence-corrected chi connectivity index (χ0v) is 11.4. The maximum absolute atomic E-state index is 12.3. The molecule has 1 aliphatic heterocycles. The van der Waals surface area contributed by atoms with E-state index in [0.717, 1.165) is 25.2 Å². The van der Waals surface area contributed by atoms with E-state index >= 15 is 0 Å². The number of likely N-dealkylation sites (tertiary alicyclic amines) is 1. The number of nitrogens with one attached hydrogen (secondary N) is 1. The summed E-state index contributed by atoms with van der Waals surface area (Å²) in [6, 6.07) is 1.86. The van der Waals surface area contributed by atoms with Crippen LogP contribution in [0.5, 0.6) is 0 Å². The lowest BCUT2D eigenvalue weighted by molar-refractivity contribution is 0.0782. The van der Waals surface area contributed by atoms with Crippen molar-refractivity contribution >= 4 is 5.91 Å². The summed E-state index contributed by atoms with van der Waals surface area (Å²) in [7, 11) is 0. The minimum absolute atomic E-state index is 0.0118. The molecule has 1 atom stereocenters. The predicted molar refractivity (Wildman–Crippen MR) is 70.4 cm³/mol. The van der Waals surface area contributed by atoms with Crippen LogP contribution < -0.4 is 5.73 Å². The summed E-state index contributed by atoms with van der Waals surface area (Å²) in [5, 5.41) is 7.08. The molecule has 0 aliphatic carbocycles. The quantitative estimate of drug-likeness (QED) is 0.826. The molecule has 0 aromatic carbocycles. The van der Waals surface area contributed by atoms with Gasteiger partial charge in [-0.1, -0.05) is 20.8 Å². The number of H-pyrrole nitrogens is 1. The summed E-state index contributed by atoms with van der Waals surface area (Å²) in [4.78, 5) is 14.1. The molecule has 5 heteroatoms. The maximum Gasteiger partial charge on any atom is 0.274 e. The van der Waals surface area contributed by atoms with Crippen LogP contribution >= 0.6 is 0 Å². The van der Waals surface area contributed by atoms with Gasteiger partial charge in [-0.3, -0.25) is 9.89 Å². The molecule has 5 nitrogen and oxygen atoms in total. The number of carbonyl (C=O) groups is 1. The lowest BCUT2D eigenvalue weighted by Crippen LogP contribution is -2.30. The molecular formula is C13H22N4O. The Balaban J connectivity index is 2.08. The predicted octanol–water partition coefficient (Wildman–Crippen LogP) is 1.13. The first kappa shape index (κ1) is 13.1. The van der Waals surface area contributed by atoms with Crippen LogP contribution in [-0.2, 0) is 5.41 Å². The Kier molecular flexibility index (Phi) is 3.43. The summed E-state index contributed by atoms with van der Waals surface area (Å²) in [6.07, 6.45) is 0.999. The van der Waals surface area contributed by atoms with Crippen molar-refractivity contribution in [3.63, 3.8) is 0 Å². The average molecular weight is 250 g/mol. The Morgan fingerprint density at radius 1 is 1.61 bits per heavy atom. The zero-order chi connectivity index (χ0) is 13.3. The fourth-order valence-electron chi connectivity index (χ4n) is 2.19. The standard InChI is InChI=1S/C13H22N4O/c1-13(2,3)11-6-10(15-16-11)12(18)17-5-4-9(7-14)8-17/h6,9H,4-5,7-8,14H2,1-3H3,(H,15,16). The van der Waals surface area contributed by atoms with Gasteiger partial charge in [0.2, 0.25) is 0 Å². The number of hydrogen-bond donors (Lipinski definition) is 2. The Bertz CT molecular complexity index is 432. The number of rotatable bonds is 2. The van der Waals surface area contributed by atoms with E-state index in [1.165, 1.54) is 0 Å². The molecule has 1 unspecified atom stereocenters. The molecule has 3 N–H and O–H groups in total. The molecule has 1 aromatic heterocycles. The second-order valence-corrected chi connectivity index (χ2v) is 6.06. The van der Waals surface area contributed by atoms with Crippen LogP contribution in [-0.4, -0.2) is 40.6 Å². The monoisotopic (exact) mass is 250 g/mol. The van der Waals surface area contributed by atoms with Gasteiger partial charge >= 0.3 is 0 Å². The third-order valence-corrected chi connectivity index (χ3v) is 3.51. The van der Waals surface area contributed by atoms with Crippen LogP contribution in [0.1, 0.15) is 43.4 Å². The SMILES string of the molecule is CC(C)(C)c1cc(C(=O)N2CCC(CN)C2)n[nH]1. The van der Waals surface area contributed by atoms with Crippen molar-refractivity contribution in [2.45, 2.75) is 32.6 Å². The van der Waals surface area contributed by atoms with E-state index in [-0.39, 0.29) is 11.3 Å². The van der Waals surface area contributed by atoms with Gasteiger partial charge in [0.25, 0.3) is 5.91 Å². The van der Waals surface area contributed by atoms with Crippen molar-refractivity contribution in [3.8, 4) is 0 Å². The molecule has 1 aliphatic rings. The van der Waals surface area contributed by atoms with Crippen LogP contribution in [0.4, 0.5) is 0 Å². The van der Waals surface area contributed by atoms with E-state index in [9.17, 15) is 4.79 Å². The van der Waals surface area contributed by atoms with Gasteiger partial charge in [0.15, 0.2) is 0 Å². The highest BCUT2D eigenvalue weighted by atomic mass is 16.2. The summed E-state index contributed by atoms with van der Waals surface area (Å²) < 4.78 is 0. The molecule has 2 heterocycles. The summed E-state index contributed by atoms with van der Waals surface area (Å²) in [5.74, 6) is 0.452. The Morgan fingerprint density at radius 2 is 2.33 bits per heavy atom. The van der Waals surface area contributed by atoms with Crippen LogP contribution in [0.25, 0.3) is 0 Å². The van der Waals surface area contributed by atoms with Crippen molar-refractivity contribution in [3.05, 3.63) is 17.5 Å². The molecule has 0 spiro atoms. The van der Waals surface area contributed by atoms with Gasteiger partial charge < -0.3 is 10.6 Å². The second kappa shape index (κ2) is 4.72. The van der Waals surface area contributed by atoms with E-state index in [0.29, 0.717) is 18.2 Å². The molecule has 0 radical (unpaired) electrons. The van der Waals surface area contributed by atoms with Crippen molar-refractivity contribution in [1.29, 1.82) is 0 Å². The largest absolute Gasteiger partial charge is 0.337 e. The summed E-state index contributed by atoms with van der Waals surface area (Å²) >= 11 is 0. The third-order valence-electron chi connectivity index (χ3n) is 3.51. The second-order valence-electron chi connectivity index (χ2n) is 6.06. The number of nitrogens with zero attached hydrogens (tertiary/aromatic N) is 2. The topological polar surface area (TPSA) is 75.0 Å². The Labute approximate surface area is 108 Å². The lowest BCUT2D eigenvalue weighted by atomic mass is 9.92. The highest BCUT2D eigenvalue weighted by Crippen LogP contribution is 2.22.